The summed E-state index contributed by atoms with van der Waals surface area (Å²) >= 11 is 7.92. The zero-order valence-corrected chi connectivity index (χ0v) is 23.6. The van der Waals surface area contributed by atoms with E-state index in [1.165, 1.54) is 28.7 Å². The molecule has 190 valence electrons. The normalized spacial score (nSPS) is 15.4. The number of alkyl halides is 3. The number of nitrogens with zero attached hydrogens (tertiary/aromatic N) is 3. The third-order valence-electron chi connectivity index (χ3n) is 5.44. The lowest BCUT2D eigenvalue weighted by atomic mass is 10.3. The Kier molecular flexibility index (Phi) is 7.82. The molecule has 0 saturated heterocycles. The Morgan fingerprint density at radius 3 is 2.69 bits per heavy atom. The highest BCUT2D eigenvalue weighted by molar-refractivity contribution is 9.10. The second kappa shape index (κ2) is 10.4. The number of thiazole rings is 2. The van der Waals surface area contributed by atoms with Gasteiger partial charge in [-0.1, -0.05) is 39.0 Å². The molecule has 0 fully saturated rings. The standard InChI is InChI=1S/C23H18BrF3N3O2S3.ClH/c1-3-30-19(11-18-29(8-9-33-18)12-14-5-7-17(32-14)23(25,26)27)35-20(21(30)31)22-28(2)15-6-4-13(24)10-16(15)34-22;/h4-11H,3,12H2,1-2H3;1H/q+1;/p-1/b22-20+;. The minimum absolute atomic E-state index is 0. The maximum atomic E-state index is 13.3. The molecule has 0 spiro atoms. The van der Waals surface area contributed by atoms with Gasteiger partial charge in [0.15, 0.2) is 12.0 Å². The first kappa shape index (κ1) is 27.1. The highest BCUT2D eigenvalue weighted by atomic mass is 79.9. The SMILES string of the molecule is CCn1c(=O)/c(=C2\Sc3cc(Br)ccc3N2C)s/c1=C\c1scc[n+]1Cc1ccc(C(F)(F)F)o1.[Cl-]. The van der Waals surface area contributed by atoms with E-state index in [4.69, 9.17) is 4.42 Å². The Morgan fingerprint density at radius 1 is 1.22 bits per heavy atom. The largest absolute Gasteiger partial charge is 1.00 e. The van der Waals surface area contributed by atoms with E-state index in [1.54, 1.807) is 22.5 Å². The lowest BCUT2D eigenvalue weighted by molar-refractivity contribution is -0.686. The lowest BCUT2D eigenvalue weighted by Crippen LogP contribution is -3.00. The molecule has 0 saturated carbocycles. The lowest BCUT2D eigenvalue weighted by Gasteiger charge is -2.12. The minimum Gasteiger partial charge on any atom is -1.00 e. The van der Waals surface area contributed by atoms with E-state index in [1.807, 2.05) is 53.1 Å². The van der Waals surface area contributed by atoms with Crippen LogP contribution >= 0.6 is 50.4 Å². The molecule has 4 heterocycles. The predicted octanol–water partition coefficient (Wildman–Crippen LogP) is 1.84. The van der Waals surface area contributed by atoms with Crippen molar-refractivity contribution in [1.29, 1.82) is 0 Å². The molecule has 0 amide bonds. The van der Waals surface area contributed by atoms with Gasteiger partial charge in [0, 0.05) is 23.0 Å². The molecule has 0 atom stereocenters. The Labute approximate surface area is 230 Å². The molecule has 13 heteroatoms. The molecule has 0 bridgehead atoms. The van der Waals surface area contributed by atoms with Crippen LogP contribution in [0.5, 0.6) is 0 Å². The van der Waals surface area contributed by atoms with Gasteiger partial charge in [-0.25, -0.2) is 0 Å². The van der Waals surface area contributed by atoms with Gasteiger partial charge in [-0.3, -0.25) is 9.36 Å². The van der Waals surface area contributed by atoms with Crippen molar-refractivity contribution in [1.82, 2.24) is 4.57 Å². The van der Waals surface area contributed by atoms with Crippen LogP contribution in [0, 0.1) is 0 Å². The molecule has 36 heavy (non-hydrogen) atoms. The molecule has 0 aliphatic carbocycles. The summed E-state index contributed by atoms with van der Waals surface area (Å²) in [6, 6.07) is 8.31. The fraction of sp³-hybridized carbons (Fsp3) is 0.217. The zero-order valence-electron chi connectivity index (χ0n) is 18.8. The highest BCUT2D eigenvalue weighted by Crippen LogP contribution is 2.46. The molecule has 5 nitrogen and oxygen atoms in total. The number of aromatic nitrogens is 2. The summed E-state index contributed by atoms with van der Waals surface area (Å²) in [6.45, 7) is 2.57. The van der Waals surface area contributed by atoms with E-state index in [-0.39, 0.29) is 30.3 Å². The van der Waals surface area contributed by atoms with Crippen LogP contribution in [0.4, 0.5) is 18.9 Å². The summed E-state index contributed by atoms with van der Waals surface area (Å²) in [5, 5.41) is 3.53. The van der Waals surface area contributed by atoms with Gasteiger partial charge in [-0.05, 0) is 37.3 Å². The van der Waals surface area contributed by atoms with Gasteiger partial charge < -0.3 is 21.7 Å². The van der Waals surface area contributed by atoms with Crippen LogP contribution in [0.25, 0.3) is 11.1 Å². The van der Waals surface area contributed by atoms with Crippen molar-refractivity contribution < 1.29 is 34.6 Å². The summed E-state index contributed by atoms with van der Waals surface area (Å²) in [6.07, 6.45) is -0.823. The topological polar surface area (TPSA) is 42.3 Å². The number of halogens is 5. The second-order valence-electron chi connectivity index (χ2n) is 7.67. The number of fused-ring (bicyclic) bond motifs is 1. The van der Waals surface area contributed by atoms with Crippen LogP contribution in [-0.4, -0.2) is 11.6 Å². The van der Waals surface area contributed by atoms with Gasteiger partial charge in [0.2, 0.25) is 12.3 Å². The van der Waals surface area contributed by atoms with E-state index in [9.17, 15) is 18.0 Å². The summed E-state index contributed by atoms with van der Waals surface area (Å²) < 4.78 is 49.6. The first-order chi connectivity index (χ1) is 16.7. The number of benzene rings is 1. The van der Waals surface area contributed by atoms with Gasteiger partial charge in [-0.15, -0.1) is 11.3 Å². The predicted molar refractivity (Wildman–Crippen MR) is 136 cm³/mol. The van der Waals surface area contributed by atoms with Crippen LogP contribution in [0.1, 0.15) is 23.5 Å². The van der Waals surface area contributed by atoms with Crippen molar-refractivity contribution in [3.8, 4) is 0 Å². The fourth-order valence-electron chi connectivity index (χ4n) is 3.75. The third kappa shape index (κ3) is 5.06. The summed E-state index contributed by atoms with van der Waals surface area (Å²) in [7, 11) is 1.95. The fourth-order valence-corrected chi connectivity index (χ4v) is 7.61. The van der Waals surface area contributed by atoms with Crippen LogP contribution < -0.4 is 36.6 Å². The first-order valence-corrected chi connectivity index (χ1v) is 13.8. The van der Waals surface area contributed by atoms with Gasteiger partial charge >= 0.3 is 6.18 Å². The van der Waals surface area contributed by atoms with Crippen LogP contribution in [0.15, 0.2) is 60.5 Å². The molecule has 5 rings (SSSR count). The van der Waals surface area contributed by atoms with Crippen LogP contribution in [-0.2, 0) is 19.3 Å². The van der Waals surface area contributed by atoms with Crippen molar-refractivity contribution in [2.45, 2.75) is 31.1 Å². The maximum Gasteiger partial charge on any atom is 0.449 e. The Morgan fingerprint density at radius 2 is 2.00 bits per heavy atom. The first-order valence-electron chi connectivity index (χ1n) is 10.5. The van der Waals surface area contributed by atoms with Gasteiger partial charge in [-0.2, -0.15) is 17.7 Å². The zero-order chi connectivity index (χ0) is 24.9. The second-order valence-corrected chi connectivity index (χ2v) is 11.6. The van der Waals surface area contributed by atoms with Gasteiger partial charge in [0.05, 0.1) is 17.1 Å². The maximum absolute atomic E-state index is 13.3. The van der Waals surface area contributed by atoms with E-state index in [2.05, 4.69) is 15.9 Å². The van der Waals surface area contributed by atoms with Crippen molar-refractivity contribution in [3.63, 3.8) is 0 Å². The molecule has 1 aliphatic heterocycles. The average Bonchev–Trinajstić information content (AvgIpc) is 3.56. The molecule has 1 aromatic carbocycles. The van der Waals surface area contributed by atoms with Gasteiger partial charge in [0.1, 0.15) is 14.2 Å². The number of hydrogen-bond donors (Lipinski definition) is 0. The monoisotopic (exact) mass is 635 g/mol. The number of rotatable bonds is 4. The Bertz CT molecular complexity index is 1610. The summed E-state index contributed by atoms with van der Waals surface area (Å²) in [5.41, 5.74) is 0.983. The number of thioether (sulfide) groups is 1. The summed E-state index contributed by atoms with van der Waals surface area (Å²) in [5.74, 6) is -0.807. The van der Waals surface area contributed by atoms with Crippen molar-refractivity contribution >= 4 is 67.2 Å². The number of furan rings is 1. The van der Waals surface area contributed by atoms with E-state index in [0.717, 1.165) is 35.8 Å². The molecule has 0 N–H and O–H groups in total. The van der Waals surface area contributed by atoms with E-state index < -0.39 is 11.9 Å². The molecule has 4 aromatic rings. The average molecular weight is 637 g/mol. The van der Waals surface area contributed by atoms with E-state index >= 15 is 0 Å². The molecular formula is C23H18BrClF3N3O2S3. The molecular weight excluding hydrogens is 619 g/mol. The number of anilines is 1. The minimum atomic E-state index is -4.52. The molecule has 1 aliphatic rings. The molecule has 0 unspecified atom stereocenters. The molecule has 0 radical (unpaired) electrons. The van der Waals surface area contributed by atoms with Gasteiger partial charge in [0.25, 0.3) is 10.6 Å². The Balaban J connectivity index is 0.00000304. The third-order valence-corrected chi connectivity index (χ3v) is 9.26. The van der Waals surface area contributed by atoms with Crippen molar-refractivity contribution in [3.05, 3.63) is 82.5 Å². The Hall–Kier alpha value is -1.99. The quantitative estimate of drug-likeness (QED) is 0.321. The van der Waals surface area contributed by atoms with Crippen molar-refractivity contribution in [2.75, 3.05) is 11.9 Å². The van der Waals surface area contributed by atoms with Crippen molar-refractivity contribution in [2.24, 2.45) is 0 Å². The van der Waals surface area contributed by atoms with Crippen LogP contribution in [0.3, 0.4) is 0 Å². The summed E-state index contributed by atoms with van der Waals surface area (Å²) in [4.78, 5) is 16.4. The smallest absolute Gasteiger partial charge is 0.449 e. The van der Waals surface area contributed by atoms with E-state index in [0.29, 0.717) is 11.1 Å². The highest BCUT2D eigenvalue weighted by Gasteiger charge is 2.35. The van der Waals surface area contributed by atoms with Crippen LogP contribution in [0.2, 0.25) is 0 Å². The molecule has 3 aromatic heterocycles. The number of hydrogen-bond acceptors (Lipinski definition) is 6.